The van der Waals surface area contributed by atoms with Crippen LogP contribution in [0, 0.1) is 0 Å². The van der Waals surface area contributed by atoms with Crippen LogP contribution in [0.4, 0.5) is 13.2 Å². The zero-order valence-electron chi connectivity index (χ0n) is 10.7. The lowest BCUT2D eigenvalue weighted by atomic mass is 10.1. The summed E-state index contributed by atoms with van der Waals surface area (Å²) < 4.78 is 45.5. The molecule has 8 heteroatoms. The maximum atomic E-state index is 13.2. The fourth-order valence-electron chi connectivity index (χ4n) is 2.09. The molecule has 0 fully saturated rings. The number of carbonyl (C=O) groups excluding carboxylic acids is 1. The molecule has 0 N–H and O–H groups in total. The predicted octanol–water partition coefficient (Wildman–Crippen LogP) is 3.23. The maximum Gasteiger partial charge on any atom is 0.434 e. The number of aromatic nitrogens is 3. The number of ketones is 1. The van der Waals surface area contributed by atoms with Crippen LogP contribution in [0.1, 0.15) is 23.0 Å². The molecule has 0 aliphatic rings. The summed E-state index contributed by atoms with van der Waals surface area (Å²) in [6.07, 6.45) is -1.17. The predicted molar refractivity (Wildman–Crippen MR) is 66.1 cm³/mol. The first kappa shape index (κ1) is 13.3. The second kappa shape index (κ2) is 4.44. The van der Waals surface area contributed by atoms with Gasteiger partial charge in [-0.1, -0.05) is 0 Å². The van der Waals surface area contributed by atoms with Crippen molar-refractivity contribution in [1.29, 1.82) is 0 Å². The molecule has 3 aromatic heterocycles. The normalized spacial score (nSPS) is 12.0. The molecule has 0 spiro atoms. The third-order valence-electron chi connectivity index (χ3n) is 2.98. The molecule has 3 rings (SSSR count). The summed E-state index contributed by atoms with van der Waals surface area (Å²) in [6.45, 7) is 1.06. The van der Waals surface area contributed by atoms with Crippen LogP contribution in [0.3, 0.4) is 0 Å². The van der Waals surface area contributed by atoms with E-state index in [-0.39, 0.29) is 5.82 Å². The van der Waals surface area contributed by atoms with E-state index in [2.05, 4.69) is 10.1 Å². The van der Waals surface area contributed by atoms with E-state index in [1.54, 1.807) is 0 Å². The molecular formula is C13H8F3N3O2. The number of alkyl halides is 3. The molecule has 5 nitrogen and oxygen atoms in total. The quantitative estimate of drug-likeness (QED) is 0.681. The second-order valence-corrected chi connectivity index (χ2v) is 4.34. The summed E-state index contributed by atoms with van der Waals surface area (Å²) in [5.74, 6) is -0.756. The molecule has 3 aromatic rings. The molecule has 0 unspecified atom stereocenters. The van der Waals surface area contributed by atoms with Crippen molar-refractivity contribution in [2.75, 3.05) is 0 Å². The molecule has 0 amide bonds. The van der Waals surface area contributed by atoms with E-state index in [1.165, 1.54) is 24.6 Å². The Bertz CT molecular complexity index is 833. The fourth-order valence-corrected chi connectivity index (χ4v) is 2.09. The Morgan fingerprint density at radius 3 is 2.76 bits per heavy atom. The van der Waals surface area contributed by atoms with Crippen molar-refractivity contribution in [1.82, 2.24) is 14.8 Å². The van der Waals surface area contributed by atoms with Crippen LogP contribution in [0.15, 0.2) is 35.2 Å². The Kier molecular flexibility index (Phi) is 2.82. The minimum absolute atomic E-state index is 0.0407. The minimum Gasteiger partial charge on any atom is -0.464 e. The van der Waals surface area contributed by atoms with Gasteiger partial charge in [0.05, 0.1) is 23.4 Å². The number of hydrogen-bond acceptors (Lipinski definition) is 4. The zero-order chi connectivity index (χ0) is 15.2. The minimum atomic E-state index is -4.73. The molecule has 0 atom stereocenters. The van der Waals surface area contributed by atoms with Crippen LogP contribution >= 0.6 is 0 Å². The number of halogens is 3. The first-order valence-corrected chi connectivity index (χ1v) is 5.88. The Labute approximate surface area is 116 Å². The van der Waals surface area contributed by atoms with Gasteiger partial charge in [0.15, 0.2) is 17.3 Å². The van der Waals surface area contributed by atoms with Crippen LogP contribution in [-0.2, 0) is 6.18 Å². The SMILES string of the molecule is CC(=O)c1cnn(-c2nccc3occc23)c1C(F)(F)F. The Morgan fingerprint density at radius 2 is 2.10 bits per heavy atom. The van der Waals surface area contributed by atoms with Crippen LogP contribution < -0.4 is 0 Å². The molecule has 0 aliphatic heterocycles. The molecule has 0 saturated heterocycles. The van der Waals surface area contributed by atoms with Gasteiger partial charge in [-0.3, -0.25) is 4.79 Å². The number of carbonyl (C=O) groups is 1. The van der Waals surface area contributed by atoms with Gasteiger partial charge in [-0.25, -0.2) is 9.67 Å². The maximum absolute atomic E-state index is 13.2. The summed E-state index contributed by atoms with van der Waals surface area (Å²) in [5, 5.41) is 4.05. The topological polar surface area (TPSA) is 60.9 Å². The third kappa shape index (κ3) is 2.08. The van der Waals surface area contributed by atoms with Gasteiger partial charge < -0.3 is 4.42 Å². The van der Waals surface area contributed by atoms with Crippen molar-refractivity contribution < 1.29 is 22.4 Å². The summed E-state index contributed by atoms with van der Waals surface area (Å²) in [4.78, 5) is 15.3. The van der Waals surface area contributed by atoms with E-state index in [9.17, 15) is 18.0 Å². The average molecular weight is 295 g/mol. The van der Waals surface area contributed by atoms with E-state index in [1.807, 2.05) is 0 Å². The summed E-state index contributed by atoms with van der Waals surface area (Å²) >= 11 is 0. The summed E-state index contributed by atoms with van der Waals surface area (Å²) in [6, 6.07) is 3.02. The molecule has 108 valence electrons. The van der Waals surface area contributed by atoms with E-state index < -0.39 is 23.2 Å². The lowest BCUT2D eigenvalue weighted by Crippen LogP contribution is -2.17. The third-order valence-corrected chi connectivity index (χ3v) is 2.98. The van der Waals surface area contributed by atoms with Crippen LogP contribution in [0.25, 0.3) is 16.8 Å². The van der Waals surface area contributed by atoms with Crippen LogP contribution in [-0.4, -0.2) is 20.5 Å². The van der Waals surface area contributed by atoms with Crippen LogP contribution in [0.5, 0.6) is 0 Å². The monoisotopic (exact) mass is 295 g/mol. The number of Topliss-reactive ketones (excluding diaryl/α,β-unsaturated/α-hetero) is 1. The lowest BCUT2D eigenvalue weighted by molar-refractivity contribution is -0.143. The fraction of sp³-hybridized carbons (Fsp3) is 0.154. The average Bonchev–Trinajstić information content (AvgIpc) is 3.04. The highest BCUT2D eigenvalue weighted by Gasteiger charge is 2.40. The Morgan fingerprint density at radius 1 is 1.33 bits per heavy atom. The molecule has 3 heterocycles. The van der Waals surface area contributed by atoms with Gasteiger partial charge >= 0.3 is 6.18 Å². The first-order valence-electron chi connectivity index (χ1n) is 5.88. The number of furan rings is 1. The first-order chi connectivity index (χ1) is 9.89. The summed E-state index contributed by atoms with van der Waals surface area (Å²) in [7, 11) is 0. The van der Waals surface area contributed by atoms with Gasteiger partial charge in [0.25, 0.3) is 0 Å². The van der Waals surface area contributed by atoms with Crippen molar-refractivity contribution in [2.45, 2.75) is 13.1 Å². The summed E-state index contributed by atoms with van der Waals surface area (Å²) in [5.41, 5.74) is -1.26. The Hall–Kier alpha value is -2.64. The van der Waals surface area contributed by atoms with Crippen molar-refractivity contribution in [2.24, 2.45) is 0 Å². The Balaban J connectivity index is 2.33. The standard InChI is InChI=1S/C13H8F3N3O2/c1-7(20)9-6-18-19(11(9)13(14,15)16)12-8-3-5-21-10(8)2-4-17-12/h2-6H,1H3. The van der Waals surface area contributed by atoms with Crippen LogP contribution in [0.2, 0.25) is 0 Å². The highest BCUT2D eigenvalue weighted by molar-refractivity contribution is 5.95. The van der Waals surface area contributed by atoms with Gasteiger partial charge in [0, 0.05) is 6.20 Å². The lowest BCUT2D eigenvalue weighted by Gasteiger charge is -2.11. The van der Waals surface area contributed by atoms with E-state index in [0.717, 1.165) is 13.1 Å². The molecule has 0 aliphatic carbocycles. The number of hydrogen-bond donors (Lipinski definition) is 0. The number of rotatable bonds is 2. The van der Waals surface area contributed by atoms with Gasteiger partial charge in [0.1, 0.15) is 5.58 Å². The van der Waals surface area contributed by atoms with E-state index in [0.29, 0.717) is 15.7 Å². The highest BCUT2D eigenvalue weighted by Crippen LogP contribution is 2.34. The second-order valence-electron chi connectivity index (χ2n) is 4.34. The van der Waals surface area contributed by atoms with Gasteiger partial charge in [0.2, 0.25) is 0 Å². The smallest absolute Gasteiger partial charge is 0.434 e. The molecule has 21 heavy (non-hydrogen) atoms. The van der Waals surface area contributed by atoms with Gasteiger partial charge in [-0.05, 0) is 19.1 Å². The molecular weight excluding hydrogens is 287 g/mol. The van der Waals surface area contributed by atoms with E-state index in [4.69, 9.17) is 4.42 Å². The number of nitrogens with zero attached hydrogens (tertiary/aromatic N) is 3. The number of pyridine rings is 1. The van der Waals surface area contributed by atoms with Crippen molar-refractivity contribution in [3.63, 3.8) is 0 Å². The van der Waals surface area contributed by atoms with Gasteiger partial charge in [-0.2, -0.15) is 18.3 Å². The molecule has 0 saturated carbocycles. The van der Waals surface area contributed by atoms with Crippen molar-refractivity contribution in [3.8, 4) is 5.82 Å². The molecule has 0 bridgehead atoms. The largest absolute Gasteiger partial charge is 0.464 e. The molecule has 0 aromatic carbocycles. The van der Waals surface area contributed by atoms with Gasteiger partial charge in [-0.15, -0.1) is 0 Å². The zero-order valence-corrected chi connectivity index (χ0v) is 10.7. The van der Waals surface area contributed by atoms with E-state index >= 15 is 0 Å². The highest BCUT2D eigenvalue weighted by atomic mass is 19.4. The molecule has 0 radical (unpaired) electrons. The van der Waals surface area contributed by atoms with Crippen molar-refractivity contribution in [3.05, 3.63) is 42.0 Å². The number of fused-ring (bicyclic) bond motifs is 1. The van der Waals surface area contributed by atoms with Crippen molar-refractivity contribution >= 4 is 16.8 Å².